The summed E-state index contributed by atoms with van der Waals surface area (Å²) < 4.78 is 3.94. The van der Waals surface area contributed by atoms with Crippen molar-refractivity contribution in [2.75, 3.05) is 12.0 Å². The van der Waals surface area contributed by atoms with Crippen LogP contribution >= 0.6 is 0 Å². The lowest BCUT2D eigenvalue weighted by Crippen LogP contribution is -2.45. The van der Waals surface area contributed by atoms with Gasteiger partial charge in [0.2, 0.25) is 11.2 Å². The highest BCUT2D eigenvalue weighted by Crippen LogP contribution is 2.07. The molecule has 0 saturated heterocycles. The number of nitrogens with one attached hydrogen (secondary N) is 2. The number of aliphatic carboxylic acids is 1. The number of carboxylic acid groups (broad SMARTS) is 1. The van der Waals surface area contributed by atoms with Crippen molar-refractivity contribution in [3.05, 3.63) is 56.7 Å². The maximum absolute atomic E-state index is 12.5. The van der Waals surface area contributed by atoms with E-state index in [1.54, 1.807) is 17.8 Å². The maximum Gasteiger partial charge on any atom is 0.381 e. The zero-order chi connectivity index (χ0) is 21.6. The predicted molar refractivity (Wildman–Crippen MR) is 104 cm³/mol. The van der Waals surface area contributed by atoms with Crippen molar-refractivity contribution < 1.29 is 19.6 Å². The normalized spacial score (nSPS) is 10.8. The molecule has 11 nitrogen and oxygen atoms in total. The fraction of sp³-hybridized carbons (Fsp3) is 0.278. The van der Waals surface area contributed by atoms with E-state index in [9.17, 15) is 14.7 Å². The van der Waals surface area contributed by atoms with Crippen molar-refractivity contribution in [3.8, 4) is 0 Å². The van der Waals surface area contributed by atoms with Gasteiger partial charge in [-0.2, -0.15) is 5.43 Å². The Bertz CT molecular complexity index is 1140. The number of aliphatic hydroxyl groups excluding tert-OH is 1. The first-order valence-corrected chi connectivity index (χ1v) is 8.62. The number of fused-ring (bicyclic) bond motifs is 1. The van der Waals surface area contributed by atoms with Crippen LogP contribution in [-0.2, 0) is 25.4 Å². The van der Waals surface area contributed by atoms with Gasteiger partial charge in [-0.1, -0.05) is 30.3 Å². The Morgan fingerprint density at radius 2 is 1.90 bits per heavy atom. The smallest absolute Gasteiger partial charge is 0.381 e. The molecule has 0 atom stereocenters. The molecule has 0 saturated carbocycles. The highest BCUT2D eigenvalue weighted by Gasteiger charge is 2.23. The van der Waals surface area contributed by atoms with Crippen LogP contribution in [0.2, 0.25) is 0 Å². The van der Waals surface area contributed by atoms with Crippen LogP contribution in [0.1, 0.15) is 12.5 Å². The second-order valence-electron chi connectivity index (χ2n) is 6.02. The number of hydrogen-bond acceptors (Lipinski definition) is 7. The maximum atomic E-state index is 12.5. The summed E-state index contributed by atoms with van der Waals surface area (Å²) in [6.07, 6.45) is 1.63. The van der Waals surface area contributed by atoms with Gasteiger partial charge in [-0.3, -0.25) is 13.9 Å². The second kappa shape index (κ2) is 9.46. The molecule has 29 heavy (non-hydrogen) atoms. The predicted octanol–water partition coefficient (Wildman–Crippen LogP) is -1.95. The fourth-order valence-electron chi connectivity index (χ4n) is 2.62. The number of aliphatic hydroxyl groups is 1. The largest absolute Gasteiger partial charge is 0.550 e. The lowest BCUT2D eigenvalue weighted by atomic mass is 10.2. The van der Waals surface area contributed by atoms with Gasteiger partial charge in [-0.15, -0.1) is 5.10 Å². The molecule has 0 aliphatic rings. The van der Waals surface area contributed by atoms with Crippen molar-refractivity contribution >= 4 is 29.3 Å². The van der Waals surface area contributed by atoms with Gasteiger partial charge in [0.15, 0.2) is 0 Å². The number of hydrogen-bond donors (Lipinski definition) is 3. The van der Waals surface area contributed by atoms with Crippen LogP contribution < -0.4 is 26.3 Å². The number of carbonyl (C=O) groups excluding carboxylic acids is 1. The van der Waals surface area contributed by atoms with Gasteiger partial charge < -0.3 is 15.0 Å². The number of benzene rings is 1. The van der Waals surface area contributed by atoms with Crippen molar-refractivity contribution in [2.24, 2.45) is 19.2 Å². The third kappa shape index (κ3) is 4.96. The van der Waals surface area contributed by atoms with Crippen LogP contribution in [0.3, 0.4) is 0 Å². The molecule has 0 unspecified atom stereocenters. The zero-order valence-corrected chi connectivity index (χ0v) is 16.2. The lowest BCUT2D eigenvalue weighted by molar-refractivity contribution is -0.659. The highest BCUT2D eigenvalue weighted by atomic mass is 16.4. The number of carboxylic acids is 1. The molecule has 0 aliphatic heterocycles. The minimum Gasteiger partial charge on any atom is -0.550 e. The quantitative estimate of drug-likeness (QED) is 0.257. The Kier molecular flexibility index (Phi) is 7.04. The number of hydrazone groups is 1. The van der Waals surface area contributed by atoms with Gasteiger partial charge in [0.25, 0.3) is 5.56 Å². The number of aromatic amines is 1. The second-order valence-corrected chi connectivity index (χ2v) is 6.02. The summed E-state index contributed by atoms with van der Waals surface area (Å²) in [7, 11) is 2.99. The number of imidazole rings is 1. The third-order valence-electron chi connectivity index (χ3n) is 3.92. The number of aryl methyl sites for hydroxylation is 1. The number of rotatable bonds is 5. The first-order valence-electron chi connectivity index (χ1n) is 8.62. The van der Waals surface area contributed by atoms with Crippen LogP contribution in [0.25, 0.3) is 11.2 Å². The molecule has 0 bridgehead atoms. The van der Waals surface area contributed by atoms with Crippen LogP contribution in [0.5, 0.6) is 0 Å². The SMILES string of the molecule is CC(=O)[O-].Cn1c(=O)c2c([nH]c(N/N=C/c3ccccc3)[n+]2CCO)n(C)c1=O. The summed E-state index contributed by atoms with van der Waals surface area (Å²) in [6, 6.07) is 9.51. The summed E-state index contributed by atoms with van der Waals surface area (Å²) in [4.78, 5) is 36.4. The summed E-state index contributed by atoms with van der Waals surface area (Å²) in [5.74, 6) is -0.686. The molecule has 1 aromatic carbocycles. The average molecular weight is 402 g/mol. The van der Waals surface area contributed by atoms with E-state index in [0.717, 1.165) is 17.1 Å². The standard InChI is InChI=1S/C16H18N6O3.C2H4O2/c1-20-13-12(14(24)21(2)16(20)25)22(8-9-23)15(18-13)19-17-10-11-6-4-3-5-7-11;1-2(3)4/h3-7,10,23H,8-9H2,1-2H3,(H,18,19,24);1H3,(H,3,4)/b17-10+;. The molecule has 0 radical (unpaired) electrons. The minimum absolute atomic E-state index is 0.166. The molecule has 0 amide bonds. The average Bonchev–Trinajstić information content (AvgIpc) is 3.04. The molecular weight excluding hydrogens is 380 g/mol. The Morgan fingerprint density at radius 3 is 2.48 bits per heavy atom. The highest BCUT2D eigenvalue weighted by molar-refractivity contribution is 5.79. The van der Waals surface area contributed by atoms with Crippen molar-refractivity contribution in [3.63, 3.8) is 0 Å². The van der Waals surface area contributed by atoms with E-state index in [1.165, 1.54) is 11.6 Å². The van der Waals surface area contributed by atoms with Crippen molar-refractivity contribution in [2.45, 2.75) is 13.5 Å². The molecule has 3 rings (SSSR count). The van der Waals surface area contributed by atoms with Gasteiger partial charge in [0.05, 0.1) is 19.4 Å². The minimum atomic E-state index is -1.08. The van der Waals surface area contributed by atoms with Gasteiger partial charge in [0, 0.05) is 20.1 Å². The molecule has 0 spiro atoms. The fourth-order valence-corrected chi connectivity index (χ4v) is 2.62. The number of anilines is 1. The summed E-state index contributed by atoms with van der Waals surface area (Å²) >= 11 is 0. The lowest BCUT2D eigenvalue weighted by Gasteiger charge is -2.02. The van der Waals surface area contributed by atoms with Crippen molar-refractivity contribution in [1.29, 1.82) is 0 Å². The van der Waals surface area contributed by atoms with Crippen LogP contribution in [-0.4, -0.2) is 38.0 Å². The Hall–Kier alpha value is -3.73. The Labute approximate surface area is 165 Å². The van der Waals surface area contributed by atoms with Gasteiger partial charge in [0.1, 0.15) is 0 Å². The number of aromatic nitrogens is 4. The Morgan fingerprint density at radius 1 is 1.28 bits per heavy atom. The van der Waals surface area contributed by atoms with Crippen LogP contribution in [0.15, 0.2) is 45.0 Å². The van der Waals surface area contributed by atoms with E-state index in [4.69, 9.17) is 9.90 Å². The molecule has 3 aromatic rings. The molecule has 3 N–H and O–H groups in total. The van der Waals surface area contributed by atoms with Crippen LogP contribution in [0, 0.1) is 0 Å². The third-order valence-corrected chi connectivity index (χ3v) is 3.92. The van der Waals surface area contributed by atoms with Crippen molar-refractivity contribution in [1.82, 2.24) is 14.1 Å². The van der Waals surface area contributed by atoms with E-state index in [0.29, 0.717) is 11.6 Å². The zero-order valence-electron chi connectivity index (χ0n) is 16.2. The summed E-state index contributed by atoms with van der Waals surface area (Å²) in [5.41, 5.74) is 3.51. The molecule has 154 valence electrons. The number of carbonyl (C=O) groups is 1. The first-order chi connectivity index (χ1) is 13.8. The Balaban J connectivity index is 0.000000687. The summed E-state index contributed by atoms with van der Waals surface area (Å²) in [5, 5.41) is 22.4. The van der Waals surface area contributed by atoms with Gasteiger partial charge in [-0.25, -0.2) is 14.3 Å². The van der Waals surface area contributed by atoms with Gasteiger partial charge >= 0.3 is 11.6 Å². The molecule has 2 aromatic heterocycles. The van der Waals surface area contributed by atoms with Crippen LogP contribution in [0.4, 0.5) is 5.95 Å². The molecule has 0 fully saturated rings. The summed E-state index contributed by atoms with van der Waals surface area (Å²) in [6.45, 7) is 0.983. The monoisotopic (exact) mass is 402 g/mol. The number of nitrogens with zero attached hydrogens (tertiary/aromatic N) is 4. The molecule has 2 heterocycles. The van der Waals surface area contributed by atoms with E-state index in [1.807, 2.05) is 30.3 Å². The first kappa shape index (κ1) is 21.6. The topological polar surface area (TPSA) is 148 Å². The van der Waals surface area contributed by atoms with E-state index in [-0.39, 0.29) is 18.7 Å². The number of H-pyrrole nitrogens is 1. The van der Waals surface area contributed by atoms with E-state index >= 15 is 0 Å². The molecular formula is C18H22N6O5. The van der Waals surface area contributed by atoms with E-state index < -0.39 is 17.2 Å². The van der Waals surface area contributed by atoms with Gasteiger partial charge in [-0.05, 0) is 12.5 Å². The molecule has 11 heteroatoms. The molecule has 0 aliphatic carbocycles. The van der Waals surface area contributed by atoms with E-state index in [2.05, 4.69) is 15.5 Å².